The van der Waals surface area contributed by atoms with E-state index in [2.05, 4.69) is 39.0 Å². The van der Waals surface area contributed by atoms with Gasteiger partial charge in [0.1, 0.15) is 0 Å². The van der Waals surface area contributed by atoms with Gasteiger partial charge < -0.3 is 24.8 Å². The second kappa shape index (κ2) is 11.2. The van der Waals surface area contributed by atoms with Crippen molar-refractivity contribution in [1.82, 2.24) is 0 Å². The predicted octanol–water partition coefficient (Wildman–Crippen LogP) is 0.510. The van der Waals surface area contributed by atoms with Crippen LogP contribution in [0.2, 0.25) is 0 Å². The molecule has 1 unspecified atom stereocenters. The van der Waals surface area contributed by atoms with Gasteiger partial charge in [0.05, 0.1) is 0 Å². The third-order valence-corrected chi connectivity index (χ3v) is 9.96. The van der Waals surface area contributed by atoms with Crippen LogP contribution in [0.1, 0.15) is 78.6 Å². The molecule has 0 heterocycles. The van der Waals surface area contributed by atoms with Crippen LogP contribution in [0.15, 0.2) is 43.8 Å². The van der Waals surface area contributed by atoms with Gasteiger partial charge in [-0.2, -0.15) is 0 Å². The summed E-state index contributed by atoms with van der Waals surface area (Å²) in [6.07, 6.45) is 19.3. The number of hydrogen-bond donors (Lipinski definition) is 0. The summed E-state index contributed by atoms with van der Waals surface area (Å²) in [7, 11) is 0. The number of rotatable bonds is 5. The van der Waals surface area contributed by atoms with Gasteiger partial charge in [-0.3, -0.25) is 0 Å². The smallest absolute Gasteiger partial charge is 1.00 e. The van der Waals surface area contributed by atoms with E-state index in [9.17, 15) is 0 Å². The first-order chi connectivity index (χ1) is 11.3. The van der Waals surface area contributed by atoms with Crippen LogP contribution >= 0.6 is 0 Å². The summed E-state index contributed by atoms with van der Waals surface area (Å²) in [6, 6.07) is 0. The summed E-state index contributed by atoms with van der Waals surface area (Å²) in [4.78, 5) is 0. The SMILES string of the molecule is CCC1=C(CC)C(CC)[C]([Zr+2]=[C]2CCCCC2)=C1C1=CC=CC1.[Cl-].[Cl-]. The van der Waals surface area contributed by atoms with Crippen LogP contribution in [-0.4, -0.2) is 3.21 Å². The van der Waals surface area contributed by atoms with Crippen molar-refractivity contribution in [2.45, 2.75) is 78.6 Å². The molecule has 137 valence electrons. The third-order valence-electron chi connectivity index (χ3n) is 5.73. The van der Waals surface area contributed by atoms with Gasteiger partial charge in [0.2, 0.25) is 0 Å². The molecule has 0 aliphatic heterocycles. The molecule has 1 fully saturated rings. The summed E-state index contributed by atoms with van der Waals surface area (Å²) in [5.74, 6) is 0.799. The number of allylic oxidation sites excluding steroid dienone is 8. The van der Waals surface area contributed by atoms with Gasteiger partial charge in [-0.05, 0) is 0 Å². The zero-order chi connectivity index (χ0) is 16.2. The Morgan fingerprint density at radius 3 is 2.24 bits per heavy atom. The average Bonchev–Trinajstić information content (AvgIpc) is 3.20. The zero-order valence-corrected chi connectivity index (χ0v) is 19.9. The Hall–Kier alpha value is 0.293. The topological polar surface area (TPSA) is 0 Å². The van der Waals surface area contributed by atoms with Gasteiger partial charge in [-0.25, -0.2) is 0 Å². The molecule has 0 spiro atoms. The van der Waals surface area contributed by atoms with Crippen molar-refractivity contribution >= 4 is 3.21 Å². The van der Waals surface area contributed by atoms with Gasteiger partial charge >= 0.3 is 154 Å². The summed E-state index contributed by atoms with van der Waals surface area (Å²) < 4.78 is 3.96. The Kier molecular flexibility index (Phi) is 10.5. The van der Waals surface area contributed by atoms with Gasteiger partial charge in [0.25, 0.3) is 0 Å². The predicted molar refractivity (Wildman–Crippen MR) is 98.3 cm³/mol. The first kappa shape index (κ1) is 23.3. The Balaban J connectivity index is 0.00000156. The van der Waals surface area contributed by atoms with E-state index in [1.54, 1.807) is 22.3 Å². The molecule has 0 radical (unpaired) electrons. The van der Waals surface area contributed by atoms with E-state index in [1.807, 2.05) is 6.49 Å². The Morgan fingerprint density at radius 2 is 1.72 bits per heavy atom. The molecule has 0 aromatic rings. The fourth-order valence-electron chi connectivity index (χ4n) is 4.64. The maximum Gasteiger partial charge on any atom is -1.00 e. The number of halogens is 2. The van der Waals surface area contributed by atoms with Gasteiger partial charge in [-0.1, -0.05) is 0 Å². The molecular formula is C22H31Cl2Zr. The van der Waals surface area contributed by atoms with Gasteiger partial charge in [-0.15, -0.1) is 0 Å². The minimum atomic E-state index is -0.526. The van der Waals surface area contributed by atoms with E-state index in [4.69, 9.17) is 0 Å². The fraction of sp³-hybridized carbons (Fsp3) is 0.591. The van der Waals surface area contributed by atoms with E-state index >= 15 is 0 Å². The quantitative estimate of drug-likeness (QED) is 0.565. The second-order valence-electron chi connectivity index (χ2n) is 7.07. The molecule has 3 aliphatic rings. The van der Waals surface area contributed by atoms with Crippen LogP contribution in [0.4, 0.5) is 0 Å². The van der Waals surface area contributed by atoms with Gasteiger partial charge in [0, 0.05) is 0 Å². The summed E-state index contributed by atoms with van der Waals surface area (Å²) in [5, 5.41) is 0. The van der Waals surface area contributed by atoms with Crippen LogP contribution < -0.4 is 24.8 Å². The van der Waals surface area contributed by atoms with E-state index in [-0.39, 0.29) is 24.8 Å². The molecule has 0 N–H and O–H groups in total. The largest absolute Gasteiger partial charge is 1.00 e. The molecule has 0 saturated heterocycles. The Morgan fingerprint density at radius 1 is 1.00 bits per heavy atom. The van der Waals surface area contributed by atoms with E-state index in [1.165, 1.54) is 57.8 Å². The van der Waals surface area contributed by atoms with Gasteiger partial charge in [0.15, 0.2) is 0 Å². The molecule has 0 amide bonds. The monoisotopic (exact) mass is 455 g/mol. The molecule has 3 rings (SSSR count). The molecular weight excluding hydrogens is 426 g/mol. The molecule has 0 bridgehead atoms. The third kappa shape index (κ3) is 4.97. The second-order valence-corrected chi connectivity index (χ2v) is 10.8. The van der Waals surface area contributed by atoms with E-state index in [0.717, 1.165) is 5.92 Å². The van der Waals surface area contributed by atoms with Crippen molar-refractivity contribution in [2.75, 3.05) is 0 Å². The Labute approximate surface area is 178 Å². The molecule has 3 heteroatoms. The van der Waals surface area contributed by atoms with Crippen molar-refractivity contribution in [1.29, 1.82) is 0 Å². The summed E-state index contributed by atoms with van der Waals surface area (Å²) >= 11 is -0.526. The maximum absolute atomic E-state index is 2.42. The zero-order valence-electron chi connectivity index (χ0n) is 15.9. The number of hydrogen-bond acceptors (Lipinski definition) is 0. The summed E-state index contributed by atoms with van der Waals surface area (Å²) in [5.41, 5.74) is 6.92. The van der Waals surface area contributed by atoms with E-state index in [0.29, 0.717) is 0 Å². The standard InChI is InChI=1S/C16H21.C6H10.2ClH.Zr/c1-4-12-11-16(13-9-7-8-10-13)15(6-3)14(12)5-2;1-2-4-6-5-3-1;;;/h7-9,12H,4-6,10H2,1-3H3;1-5H2;2*1H;/q;;;;+2/p-2. The fourth-order valence-corrected chi connectivity index (χ4v) is 9.49. The Bertz CT molecular complexity index is 612. The first-order valence-electron chi connectivity index (χ1n) is 9.74. The molecule has 1 atom stereocenters. The van der Waals surface area contributed by atoms with Crippen molar-refractivity contribution in [2.24, 2.45) is 5.92 Å². The van der Waals surface area contributed by atoms with E-state index < -0.39 is 22.8 Å². The van der Waals surface area contributed by atoms with Crippen molar-refractivity contribution in [3.63, 3.8) is 0 Å². The van der Waals surface area contributed by atoms with Crippen molar-refractivity contribution < 1.29 is 47.6 Å². The molecule has 0 aromatic carbocycles. The van der Waals surface area contributed by atoms with Crippen molar-refractivity contribution in [3.05, 3.63) is 43.8 Å². The van der Waals surface area contributed by atoms with Crippen LogP contribution in [0, 0.1) is 5.92 Å². The van der Waals surface area contributed by atoms with Crippen LogP contribution in [0.3, 0.4) is 0 Å². The average molecular weight is 458 g/mol. The minimum Gasteiger partial charge on any atom is -1.00 e. The normalized spacial score (nSPS) is 22.6. The minimum absolute atomic E-state index is 0. The molecule has 1 saturated carbocycles. The molecule has 0 nitrogen and oxygen atoms in total. The van der Waals surface area contributed by atoms with Crippen molar-refractivity contribution in [3.8, 4) is 0 Å². The van der Waals surface area contributed by atoms with Crippen LogP contribution in [-0.2, 0) is 22.8 Å². The molecule has 25 heavy (non-hydrogen) atoms. The molecule has 0 aromatic heterocycles. The first-order valence-corrected chi connectivity index (χ1v) is 12.2. The summed E-state index contributed by atoms with van der Waals surface area (Å²) in [6.45, 7) is 7.18. The maximum atomic E-state index is 2.42. The van der Waals surface area contributed by atoms with Crippen LogP contribution in [0.25, 0.3) is 0 Å². The molecule has 3 aliphatic carbocycles. The van der Waals surface area contributed by atoms with Crippen LogP contribution in [0.5, 0.6) is 0 Å².